The van der Waals surface area contributed by atoms with E-state index in [0.29, 0.717) is 0 Å². The fourth-order valence-electron chi connectivity index (χ4n) is 0.0791. The largest absolute Gasteiger partial charge is 0.394 e. The second-order valence-electron chi connectivity index (χ2n) is 2.29. The molecule has 0 radical (unpaired) electrons. The number of likely N-dealkylation sites (N-methyl/N-ethyl adjacent to an activating group) is 1. The van der Waals surface area contributed by atoms with Crippen molar-refractivity contribution in [3.05, 3.63) is 0 Å². The van der Waals surface area contributed by atoms with E-state index >= 15 is 0 Å². The van der Waals surface area contributed by atoms with Gasteiger partial charge in [0.05, 0.1) is 6.61 Å². The number of nitrogens with one attached hydrogen (secondary N) is 1. The molecule has 0 fully saturated rings. The fraction of sp³-hybridized carbons (Fsp3) is 1.00. The highest BCUT2D eigenvalue weighted by molar-refractivity contribution is 14.0. The molecule has 0 amide bonds. The van der Waals surface area contributed by atoms with Crippen molar-refractivity contribution in [1.82, 2.24) is 5.32 Å². The molecule has 0 saturated heterocycles. The maximum absolute atomic E-state index is 8.53. The Kier molecular flexibility index (Phi) is 6.47. The molecule has 0 aromatic carbocycles. The van der Waals surface area contributed by atoms with Crippen molar-refractivity contribution in [2.24, 2.45) is 0 Å². The summed E-state index contributed by atoms with van der Waals surface area (Å²) in [5.41, 5.74) is -0.111. The zero-order chi connectivity index (χ0) is 5.91. The van der Waals surface area contributed by atoms with Crippen LogP contribution in [-0.4, -0.2) is 24.3 Å². The summed E-state index contributed by atoms with van der Waals surface area (Å²) in [5, 5.41) is 11.5. The van der Waals surface area contributed by atoms with Crippen molar-refractivity contribution >= 4 is 24.0 Å². The molecule has 52 valence electrons. The molecule has 0 rings (SSSR count). The first-order valence-corrected chi connectivity index (χ1v) is 2.42. The lowest BCUT2D eigenvalue weighted by atomic mass is 10.1. The van der Waals surface area contributed by atoms with Crippen LogP contribution < -0.4 is 5.32 Å². The van der Waals surface area contributed by atoms with E-state index in [9.17, 15) is 0 Å². The minimum atomic E-state index is -0.111. The van der Waals surface area contributed by atoms with Gasteiger partial charge in [-0.05, 0) is 20.9 Å². The SMILES string of the molecule is CNC(C)(C)CO.I. The summed E-state index contributed by atoms with van der Waals surface area (Å²) in [5.74, 6) is 0. The van der Waals surface area contributed by atoms with Gasteiger partial charge < -0.3 is 10.4 Å². The van der Waals surface area contributed by atoms with Gasteiger partial charge in [-0.15, -0.1) is 24.0 Å². The Morgan fingerprint density at radius 1 is 1.50 bits per heavy atom. The Morgan fingerprint density at radius 2 is 1.88 bits per heavy atom. The smallest absolute Gasteiger partial charge is 0.0607 e. The summed E-state index contributed by atoms with van der Waals surface area (Å²) in [6.45, 7) is 4.06. The van der Waals surface area contributed by atoms with E-state index in [2.05, 4.69) is 5.32 Å². The van der Waals surface area contributed by atoms with Gasteiger partial charge in [-0.3, -0.25) is 0 Å². The predicted octanol–water partition coefficient (Wildman–Crippen LogP) is 0.595. The Balaban J connectivity index is 0. The number of rotatable bonds is 2. The monoisotopic (exact) mass is 231 g/mol. The third-order valence-corrected chi connectivity index (χ3v) is 1.07. The summed E-state index contributed by atoms with van der Waals surface area (Å²) in [4.78, 5) is 0. The van der Waals surface area contributed by atoms with Crippen molar-refractivity contribution in [1.29, 1.82) is 0 Å². The predicted molar refractivity (Wildman–Crippen MR) is 45.6 cm³/mol. The first kappa shape index (κ1) is 11.4. The molecule has 3 heteroatoms. The zero-order valence-electron chi connectivity index (χ0n) is 5.56. The maximum Gasteiger partial charge on any atom is 0.0607 e. The Hall–Kier alpha value is 0.650. The summed E-state index contributed by atoms with van der Waals surface area (Å²) in [6.07, 6.45) is 0. The number of halogens is 1. The minimum absolute atomic E-state index is 0. The Labute approximate surface area is 67.7 Å². The quantitative estimate of drug-likeness (QED) is 0.682. The molecule has 2 nitrogen and oxygen atoms in total. The first-order valence-electron chi connectivity index (χ1n) is 2.42. The van der Waals surface area contributed by atoms with Crippen LogP contribution in [0.25, 0.3) is 0 Å². The van der Waals surface area contributed by atoms with E-state index in [1.165, 1.54) is 0 Å². The summed E-state index contributed by atoms with van der Waals surface area (Å²) in [7, 11) is 1.83. The van der Waals surface area contributed by atoms with Crippen LogP contribution in [0.2, 0.25) is 0 Å². The van der Waals surface area contributed by atoms with Crippen LogP contribution in [0, 0.1) is 0 Å². The average Bonchev–Trinajstić information content (AvgIpc) is 1.68. The molecule has 0 aliphatic carbocycles. The van der Waals surface area contributed by atoms with E-state index < -0.39 is 0 Å². The van der Waals surface area contributed by atoms with Gasteiger partial charge in [0.15, 0.2) is 0 Å². The van der Waals surface area contributed by atoms with Gasteiger partial charge in [0.2, 0.25) is 0 Å². The lowest BCUT2D eigenvalue weighted by Gasteiger charge is -2.19. The van der Waals surface area contributed by atoms with E-state index in [4.69, 9.17) is 5.11 Å². The minimum Gasteiger partial charge on any atom is -0.394 e. The molecular weight excluding hydrogens is 217 g/mol. The molecule has 0 unspecified atom stereocenters. The van der Waals surface area contributed by atoms with Crippen molar-refractivity contribution in [3.63, 3.8) is 0 Å². The second kappa shape index (κ2) is 4.52. The number of aliphatic hydroxyl groups is 1. The maximum atomic E-state index is 8.53. The normalized spacial score (nSPS) is 10.5. The summed E-state index contributed by atoms with van der Waals surface area (Å²) < 4.78 is 0. The molecule has 0 aliphatic rings. The van der Waals surface area contributed by atoms with Gasteiger partial charge in [0.1, 0.15) is 0 Å². The Morgan fingerprint density at radius 3 is 1.88 bits per heavy atom. The van der Waals surface area contributed by atoms with Crippen molar-refractivity contribution < 1.29 is 5.11 Å². The lowest BCUT2D eigenvalue weighted by molar-refractivity contribution is 0.197. The highest BCUT2D eigenvalue weighted by Gasteiger charge is 2.10. The second-order valence-corrected chi connectivity index (χ2v) is 2.29. The fourth-order valence-corrected chi connectivity index (χ4v) is 0.0791. The lowest BCUT2D eigenvalue weighted by Crippen LogP contribution is -2.39. The summed E-state index contributed by atoms with van der Waals surface area (Å²) >= 11 is 0. The molecule has 0 aliphatic heterocycles. The van der Waals surface area contributed by atoms with E-state index in [0.717, 1.165) is 0 Å². The molecule has 0 spiro atoms. The number of aliphatic hydroxyl groups excluding tert-OH is 1. The Bertz CT molecular complexity index is 50.4. The molecule has 2 N–H and O–H groups in total. The van der Waals surface area contributed by atoms with Crippen LogP contribution in [0.5, 0.6) is 0 Å². The highest BCUT2D eigenvalue weighted by atomic mass is 127. The highest BCUT2D eigenvalue weighted by Crippen LogP contribution is 1.95. The van der Waals surface area contributed by atoms with Gasteiger partial charge >= 0.3 is 0 Å². The van der Waals surface area contributed by atoms with Gasteiger partial charge in [-0.1, -0.05) is 0 Å². The molecule has 0 aromatic heterocycles. The standard InChI is InChI=1S/C5H13NO.HI/c1-5(2,4-7)6-3;/h6-7H,4H2,1-3H3;1H. The van der Waals surface area contributed by atoms with Crippen molar-refractivity contribution in [2.45, 2.75) is 19.4 Å². The topological polar surface area (TPSA) is 32.3 Å². The van der Waals surface area contributed by atoms with E-state index in [-0.39, 0.29) is 36.1 Å². The molecule has 8 heavy (non-hydrogen) atoms. The van der Waals surface area contributed by atoms with Gasteiger partial charge in [-0.2, -0.15) is 0 Å². The van der Waals surface area contributed by atoms with Crippen LogP contribution in [0.3, 0.4) is 0 Å². The first-order chi connectivity index (χ1) is 3.12. The van der Waals surface area contributed by atoms with Gasteiger partial charge in [0.25, 0.3) is 0 Å². The zero-order valence-corrected chi connectivity index (χ0v) is 7.89. The third kappa shape index (κ3) is 4.80. The molecule has 0 heterocycles. The van der Waals surface area contributed by atoms with Gasteiger partial charge in [0, 0.05) is 5.54 Å². The van der Waals surface area contributed by atoms with Crippen LogP contribution >= 0.6 is 24.0 Å². The molecule has 0 bridgehead atoms. The molecule has 0 saturated carbocycles. The van der Waals surface area contributed by atoms with E-state index in [1.807, 2.05) is 20.9 Å². The van der Waals surface area contributed by atoms with Crippen LogP contribution in [-0.2, 0) is 0 Å². The average molecular weight is 231 g/mol. The van der Waals surface area contributed by atoms with E-state index in [1.54, 1.807) is 0 Å². The molecule has 0 aromatic rings. The third-order valence-electron chi connectivity index (χ3n) is 1.07. The number of hydrogen-bond donors (Lipinski definition) is 2. The van der Waals surface area contributed by atoms with Gasteiger partial charge in [-0.25, -0.2) is 0 Å². The molecular formula is C5H14INO. The summed E-state index contributed by atoms with van der Waals surface area (Å²) in [6, 6.07) is 0. The van der Waals surface area contributed by atoms with Crippen LogP contribution in [0.1, 0.15) is 13.8 Å². The van der Waals surface area contributed by atoms with Crippen LogP contribution in [0.4, 0.5) is 0 Å². The van der Waals surface area contributed by atoms with Crippen LogP contribution in [0.15, 0.2) is 0 Å². The van der Waals surface area contributed by atoms with Crippen molar-refractivity contribution in [3.8, 4) is 0 Å². The number of hydrogen-bond acceptors (Lipinski definition) is 2. The molecule has 0 atom stereocenters. The van der Waals surface area contributed by atoms with Crippen molar-refractivity contribution in [2.75, 3.05) is 13.7 Å².